The third-order valence-corrected chi connectivity index (χ3v) is 7.09. The fourth-order valence-corrected chi connectivity index (χ4v) is 5.07. The maximum atomic E-state index is 13.4. The second-order valence-corrected chi connectivity index (χ2v) is 9.52. The predicted octanol–water partition coefficient (Wildman–Crippen LogP) is 3.81. The summed E-state index contributed by atoms with van der Waals surface area (Å²) in [5.74, 6) is -1.06. The number of ether oxygens (including phenoxy) is 1. The second-order valence-electron chi connectivity index (χ2n) is 8.64. The van der Waals surface area contributed by atoms with E-state index in [4.69, 9.17) is 4.74 Å². The van der Waals surface area contributed by atoms with E-state index in [1.807, 2.05) is 0 Å². The van der Waals surface area contributed by atoms with Gasteiger partial charge in [0.05, 0.1) is 12.6 Å². The van der Waals surface area contributed by atoms with Crippen LogP contribution in [0.3, 0.4) is 0 Å². The molecule has 9 heteroatoms. The van der Waals surface area contributed by atoms with Gasteiger partial charge in [-0.3, -0.25) is 14.4 Å². The molecule has 4 rings (SSSR count). The van der Waals surface area contributed by atoms with Gasteiger partial charge >= 0.3 is 0 Å². The van der Waals surface area contributed by atoms with Crippen molar-refractivity contribution in [2.75, 3.05) is 34.3 Å². The van der Waals surface area contributed by atoms with E-state index in [0.717, 1.165) is 36.2 Å². The summed E-state index contributed by atoms with van der Waals surface area (Å²) in [5, 5.41) is 2.38. The van der Waals surface area contributed by atoms with E-state index in [1.165, 1.54) is 38.2 Å². The number of nitrogens with zero attached hydrogens (tertiary/aromatic N) is 3. The Morgan fingerprint density at radius 2 is 1.85 bits per heavy atom. The monoisotopic (exact) mass is 483 g/mol. The summed E-state index contributed by atoms with van der Waals surface area (Å²) >= 11 is 1.13. The van der Waals surface area contributed by atoms with Crippen LogP contribution in [-0.2, 0) is 11.2 Å². The van der Waals surface area contributed by atoms with Crippen molar-refractivity contribution < 1.29 is 23.5 Å². The number of hydrogen-bond donors (Lipinski definition) is 0. The first-order valence-electron chi connectivity index (χ1n) is 11.0. The molecule has 0 bridgehead atoms. The molecule has 0 unspecified atom stereocenters. The minimum absolute atomic E-state index is 0.136. The summed E-state index contributed by atoms with van der Waals surface area (Å²) in [6, 6.07) is 8.23. The minimum Gasteiger partial charge on any atom is -0.494 e. The van der Waals surface area contributed by atoms with Crippen LogP contribution in [0.5, 0.6) is 5.75 Å². The average Bonchev–Trinajstić information content (AvgIpc) is 3.26. The number of pyridine rings is 1. The molecular weight excluding hydrogens is 457 g/mol. The summed E-state index contributed by atoms with van der Waals surface area (Å²) in [4.78, 5) is 45.9. The largest absolute Gasteiger partial charge is 0.494 e. The summed E-state index contributed by atoms with van der Waals surface area (Å²) in [6.45, 7) is 1.14. The normalized spacial score (nSPS) is 14.3. The first kappa shape index (κ1) is 23.8. The third-order valence-electron chi connectivity index (χ3n) is 6.10. The van der Waals surface area contributed by atoms with E-state index >= 15 is 0 Å². The number of methoxy groups -OCH3 is 1. The number of hydrogen-bond acceptors (Lipinski definition) is 6. The fraction of sp³-hybridized carbons (Fsp3) is 0.360. The lowest BCUT2D eigenvalue weighted by molar-refractivity contribution is -0.124. The number of benzene rings is 1. The molecule has 0 saturated carbocycles. The van der Waals surface area contributed by atoms with E-state index in [2.05, 4.69) is 4.98 Å². The highest BCUT2D eigenvalue weighted by Crippen LogP contribution is 2.32. The number of carbonyl (C=O) groups excluding carboxylic acids is 3. The van der Waals surface area contributed by atoms with Crippen LogP contribution in [0.25, 0.3) is 10.9 Å². The Kier molecular flexibility index (Phi) is 6.92. The van der Waals surface area contributed by atoms with Crippen molar-refractivity contribution in [3.63, 3.8) is 0 Å². The van der Waals surface area contributed by atoms with Gasteiger partial charge in [0.25, 0.3) is 17.6 Å². The van der Waals surface area contributed by atoms with Crippen molar-refractivity contribution in [2.45, 2.75) is 19.3 Å². The van der Waals surface area contributed by atoms with E-state index < -0.39 is 11.7 Å². The molecule has 1 saturated heterocycles. The second kappa shape index (κ2) is 9.89. The van der Waals surface area contributed by atoms with E-state index in [-0.39, 0.29) is 22.3 Å². The van der Waals surface area contributed by atoms with Gasteiger partial charge in [0.15, 0.2) is 11.4 Å². The lowest BCUT2D eigenvalue weighted by Crippen LogP contribution is -2.39. The molecule has 34 heavy (non-hydrogen) atoms. The van der Waals surface area contributed by atoms with Crippen LogP contribution in [0, 0.1) is 11.7 Å². The van der Waals surface area contributed by atoms with E-state index in [0.29, 0.717) is 35.7 Å². The number of rotatable bonds is 6. The number of Topliss-reactive ketones (excluding diaryl/α,β-unsaturated/α-hetero) is 1. The number of fused-ring (bicyclic) bond motifs is 1. The minimum atomic E-state index is -0.650. The van der Waals surface area contributed by atoms with Gasteiger partial charge in [-0.05, 0) is 48.9 Å². The Morgan fingerprint density at radius 1 is 1.18 bits per heavy atom. The molecule has 0 spiro atoms. The molecule has 178 valence electrons. The van der Waals surface area contributed by atoms with Gasteiger partial charge in [0, 0.05) is 38.0 Å². The van der Waals surface area contributed by atoms with Crippen LogP contribution >= 0.6 is 11.3 Å². The van der Waals surface area contributed by atoms with Gasteiger partial charge in [0.2, 0.25) is 0 Å². The van der Waals surface area contributed by atoms with Crippen molar-refractivity contribution in [1.82, 2.24) is 14.8 Å². The molecule has 0 radical (unpaired) electrons. The van der Waals surface area contributed by atoms with Crippen LogP contribution in [-0.4, -0.2) is 66.7 Å². The third kappa shape index (κ3) is 4.79. The lowest BCUT2D eigenvalue weighted by atomic mass is 9.90. The summed E-state index contributed by atoms with van der Waals surface area (Å²) in [6.07, 6.45) is 2.50. The number of piperidine rings is 1. The quantitative estimate of drug-likeness (QED) is 0.394. The molecule has 1 fully saturated rings. The molecule has 2 amide bonds. The number of carbonyl (C=O) groups is 3. The molecule has 3 aromatic rings. The number of ketones is 1. The number of halogens is 1. The fourth-order valence-electron chi connectivity index (χ4n) is 4.17. The van der Waals surface area contributed by atoms with Crippen LogP contribution < -0.4 is 4.74 Å². The topological polar surface area (TPSA) is 79.8 Å². The first-order valence-corrected chi connectivity index (χ1v) is 11.9. The van der Waals surface area contributed by atoms with Crippen LogP contribution in [0.1, 0.15) is 38.6 Å². The van der Waals surface area contributed by atoms with Crippen LogP contribution in [0.4, 0.5) is 4.39 Å². The average molecular weight is 484 g/mol. The Labute approximate surface area is 201 Å². The van der Waals surface area contributed by atoms with Crippen LogP contribution in [0.15, 0.2) is 35.7 Å². The van der Waals surface area contributed by atoms with Crippen LogP contribution in [0.2, 0.25) is 0 Å². The van der Waals surface area contributed by atoms with Crippen molar-refractivity contribution >= 4 is 39.8 Å². The maximum absolute atomic E-state index is 13.4. The molecule has 0 aliphatic carbocycles. The highest BCUT2D eigenvalue weighted by molar-refractivity contribution is 7.14. The number of likely N-dealkylation sites (N-methyl/N-ethyl adjacent to an activating group) is 1. The van der Waals surface area contributed by atoms with Crippen molar-refractivity contribution in [2.24, 2.45) is 5.92 Å². The number of thiophene rings is 1. The highest BCUT2D eigenvalue weighted by Gasteiger charge is 2.29. The lowest BCUT2D eigenvalue weighted by Gasteiger charge is -2.32. The molecule has 7 nitrogen and oxygen atoms in total. The van der Waals surface area contributed by atoms with Gasteiger partial charge in [-0.1, -0.05) is 12.1 Å². The number of aromatic nitrogens is 1. The summed E-state index contributed by atoms with van der Waals surface area (Å²) < 4.78 is 18.6. The standard InChI is InChI=1S/C25H26FN3O4S/c1-28(2)25(32)22(30)23-20-17(14-34-23)13-19(33-3)21(27-20)24(31)29-10-8-16(9-11-29)12-15-4-6-18(26)7-5-15/h4-7,13-14,16H,8-12H2,1-3H3. The zero-order chi connectivity index (χ0) is 24.4. The molecule has 0 N–H and O–H groups in total. The Morgan fingerprint density at radius 3 is 2.47 bits per heavy atom. The van der Waals surface area contributed by atoms with Crippen molar-refractivity contribution in [3.8, 4) is 5.75 Å². The number of likely N-dealkylation sites (tertiary alicyclic amines) is 1. The summed E-state index contributed by atoms with van der Waals surface area (Å²) in [5.41, 5.74) is 1.55. The van der Waals surface area contributed by atoms with E-state index in [9.17, 15) is 18.8 Å². The smallest absolute Gasteiger partial charge is 0.295 e. The molecule has 2 aromatic heterocycles. The Hall–Kier alpha value is -3.33. The molecule has 1 aliphatic heterocycles. The highest BCUT2D eigenvalue weighted by atomic mass is 32.1. The van der Waals surface area contributed by atoms with Gasteiger partial charge < -0.3 is 14.5 Å². The molecule has 3 heterocycles. The molecular formula is C25H26FN3O4S. The maximum Gasteiger partial charge on any atom is 0.295 e. The van der Waals surface area contributed by atoms with Crippen molar-refractivity contribution in [3.05, 3.63) is 57.7 Å². The zero-order valence-electron chi connectivity index (χ0n) is 19.3. The number of amides is 2. The molecule has 1 aromatic carbocycles. The Balaban J connectivity index is 1.52. The van der Waals surface area contributed by atoms with Gasteiger partial charge in [-0.2, -0.15) is 0 Å². The first-order chi connectivity index (χ1) is 16.3. The van der Waals surface area contributed by atoms with Gasteiger partial charge in [-0.15, -0.1) is 11.3 Å². The van der Waals surface area contributed by atoms with Crippen molar-refractivity contribution in [1.29, 1.82) is 0 Å². The zero-order valence-corrected chi connectivity index (χ0v) is 20.2. The molecule has 0 atom stereocenters. The SMILES string of the molecule is COc1cc2csc(C(=O)C(=O)N(C)C)c2nc1C(=O)N1CCC(Cc2ccc(F)cc2)CC1. The Bertz CT molecular complexity index is 1230. The van der Waals surface area contributed by atoms with Gasteiger partial charge in [0.1, 0.15) is 10.7 Å². The summed E-state index contributed by atoms with van der Waals surface area (Å²) in [7, 11) is 4.50. The van der Waals surface area contributed by atoms with Gasteiger partial charge in [-0.25, -0.2) is 9.37 Å². The van der Waals surface area contributed by atoms with E-state index in [1.54, 1.807) is 28.5 Å². The molecule has 1 aliphatic rings. The predicted molar refractivity (Wildman–Crippen MR) is 128 cm³/mol.